The molecule has 0 saturated carbocycles. The number of halogens is 4. The first-order valence-electron chi connectivity index (χ1n) is 5.82. The summed E-state index contributed by atoms with van der Waals surface area (Å²) in [6.07, 6.45) is -4.86. The summed E-state index contributed by atoms with van der Waals surface area (Å²) in [5, 5.41) is 11.4. The standard InChI is InChI=1S/C13H15F4NO2/c1-12(2,7-19)6-18-11(20)8-3-4-10(14)9(5-8)13(15,16)17/h3-5,19H,6-7H2,1-2H3,(H,18,20). The maximum atomic E-state index is 13.1. The molecule has 0 spiro atoms. The van der Waals surface area contributed by atoms with Crippen molar-refractivity contribution in [3.8, 4) is 0 Å². The topological polar surface area (TPSA) is 49.3 Å². The van der Waals surface area contributed by atoms with E-state index in [2.05, 4.69) is 5.32 Å². The number of carbonyl (C=O) groups is 1. The summed E-state index contributed by atoms with van der Waals surface area (Å²) in [6, 6.07) is 2.05. The minimum absolute atomic E-state index is 0.0844. The molecule has 1 rings (SSSR count). The van der Waals surface area contributed by atoms with Crippen LogP contribution in [-0.2, 0) is 6.18 Å². The second kappa shape index (κ2) is 5.78. The SMILES string of the molecule is CC(C)(CO)CNC(=O)c1ccc(F)c(C(F)(F)F)c1. The lowest BCUT2D eigenvalue weighted by Crippen LogP contribution is -2.36. The molecule has 7 heteroatoms. The summed E-state index contributed by atoms with van der Waals surface area (Å²) in [5.74, 6) is -2.18. The molecular formula is C13H15F4NO2. The van der Waals surface area contributed by atoms with Crippen molar-refractivity contribution in [1.82, 2.24) is 5.32 Å². The van der Waals surface area contributed by atoms with Gasteiger partial charge in [-0.15, -0.1) is 0 Å². The molecule has 0 unspecified atom stereocenters. The van der Waals surface area contributed by atoms with E-state index in [1.165, 1.54) is 0 Å². The molecule has 3 nitrogen and oxygen atoms in total. The van der Waals surface area contributed by atoms with E-state index in [0.29, 0.717) is 12.1 Å². The quantitative estimate of drug-likeness (QED) is 0.838. The average molecular weight is 293 g/mol. The number of benzene rings is 1. The van der Waals surface area contributed by atoms with Crippen LogP contribution in [0, 0.1) is 11.2 Å². The second-order valence-corrected chi connectivity index (χ2v) is 5.20. The fraction of sp³-hybridized carbons (Fsp3) is 0.462. The van der Waals surface area contributed by atoms with E-state index in [9.17, 15) is 22.4 Å². The van der Waals surface area contributed by atoms with Gasteiger partial charge in [-0.1, -0.05) is 13.8 Å². The zero-order valence-corrected chi connectivity index (χ0v) is 11.0. The predicted molar refractivity (Wildman–Crippen MR) is 64.6 cm³/mol. The van der Waals surface area contributed by atoms with Crippen LogP contribution in [0.25, 0.3) is 0 Å². The molecule has 112 valence electrons. The van der Waals surface area contributed by atoms with Gasteiger partial charge in [-0.3, -0.25) is 4.79 Å². The van der Waals surface area contributed by atoms with Crippen molar-refractivity contribution in [2.75, 3.05) is 13.2 Å². The number of aliphatic hydroxyl groups is 1. The Balaban J connectivity index is 2.90. The molecule has 0 bridgehead atoms. The van der Waals surface area contributed by atoms with Gasteiger partial charge in [-0.2, -0.15) is 13.2 Å². The van der Waals surface area contributed by atoms with E-state index in [-0.39, 0.29) is 18.7 Å². The van der Waals surface area contributed by atoms with Crippen molar-refractivity contribution in [1.29, 1.82) is 0 Å². The number of nitrogens with one attached hydrogen (secondary N) is 1. The average Bonchev–Trinajstić information content (AvgIpc) is 2.35. The highest BCUT2D eigenvalue weighted by atomic mass is 19.4. The third-order valence-electron chi connectivity index (χ3n) is 2.69. The fourth-order valence-corrected chi connectivity index (χ4v) is 1.36. The lowest BCUT2D eigenvalue weighted by atomic mass is 9.95. The van der Waals surface area contributed by atoms with E-state index in [4.69, 9.17) is 5.11 Å². The monoisotopic (exact) mass is 293 g/mol. The highest BCUT2D eigenvalue weighted by Gasteiger charge is 2.34. The summed E-state index contributed by atoms with van der Waals surface area (Å²) in [5.41, 5.74) is -2.36. The van der Waals surface area contributed by atoms with Gasteiger partial charge < -0.3 is 10.4 Å². The highest BCUT2D eigenvalue weighted by molar-refractivity contribution is 5.94. The Hall–Kier alpha value is -1.63. The number of hydrogen-bond donors (Lipinski definition) is 2. The predicted octanol–water partition coefficient (Wildman–Crippen LogP) is 2.59. The molecule has 0 aromatic heterocycles. The van der Waals surface area contributed by atoms with Crippen LogP contribution in [0.1, 0.15) is 29.8 Å². The van der Waals surface area contributed by atoms with Gasteiger partial charge in [0.15, 0.2) is 0 Å². The number of alkyl halides is 3. The van der Waals surface area contributed by atoms with Crippen molar-refractivity contribution in [3.05, 3.63) is 35.1 Å². The highest BCUT2D eigenvalue weighted by Crippen LogP contribution is 2.31. The van der Waals surface area contributed by atoms with Crippen molar-refractivity contribution < 1.29 is 27.5 Å². The van der Waals surface area contributed by atoms with Crippen LogP contribution in [-0.4, -0.2) is 24.2 Å². The third kappa shape index (κ3) is 4.19. The Labute approximate surface area is 113 Å². The van der Waals surface area contributed by atoms with Gasteiger partial charge in [-0.05, 0) is 18.2 Å². The molecule has 0 saturated heterocycles. The number of carbonyl (C=O) groups excluding carboxylic acids is 1. The Morgan fingerprint density at radius 2 is 1.90 bits per heavy atom. The van der Waals surface area contributed by atoms with Gasteiger partial charge in [0.1, 0.15) is 5.82 Å². The lowest BCUT2D eigenvalue weighted by Gasteiger charge is -2.22. The van der Waals surface area contributed by atoms with Gasteiger partial charge in [0.2, 0.25) is 0 Å². The Kier molecular flexibility index (Phi) is 4.75. The fourth-order valence-electron chi connectivity index (χ4n) is 1.36. The van der Waals surface area contributed by atoms with Crippen molar-refractivity contribution >= 4 is 5.91 Å². The third-order valence-corrected chi connectivity index (χ3v) is 2.69. The summed E-state index contributed by atoms with van der Waals surface area (Å²) < 4.78 is 50.6. The molecule has 0 fully saturated rings. The minimum atomic E-state index is -4.86. The maximum absolute atomic E-state index is 13.1. The molecule has 20 heavy (non-hydrogen) atoms. The van der Waals surface area contributed by atoms with Crippen LogP contribution in [0.5, 0.6) is 0 Å². The normalized spacial score (nSPS) is 12.3. The molecule has 1 aromatic carbocycles. The van der Waals surface area contributed by atoms with Crippen LogP contribution >= 0.6 is 0 Å². The van der Waals surface area contributed by atoms with Gasteiger partial charge in [-0.25, -0.2) is 4.39 Å². The minimum Gasteiger partial charge on any atom is -0.396 e. The van der Waals surface area contributed by atoms with Crippen molar-refractivity contribution in [2.24, 2.45) is 5.41 Å². The van der Waals surface area contributed by atoms with Crippen LogP contribution < -0.4 is 5.32 Å². The van der Waals surface area contributed by atoms with Gasteiger partial charge in [0.05, 0.1) is 5.56 Å². The van der Waals surface area contributed by atoms with E-state index >= 15 is 0 Å². The molecule has 0 radical (unpaired) electrons. The molecule has 2 N–H and O–H groups in total. The van der Waals surface area contributed by atoms with Crippen molar-refractivity contribution in [2.45, 2.75) is 20.0 Å². The molecule has 1 aromatic rings. The molecular weight excluding hydrogens is 278 g/mol. The summed E-state index contributed by atoms with van der Waals surface area (Å²) >= 11 is 0. The maximum Gasteiger partial charge on any atom is 0.419 e. The van der Waals surface area contributed by atoms with Crippen LogP contribution in [0.2, 0.25) is 0 Å². The summed E-state index contributed by atoms with van der Waals surface area (Å²) in [6.45, 7) is 3.25. The van der Waals surface area contributed by atoms with Crippen LogP contribution in [0.15, 0.2) is 18.2 Å². The van der Waals surface area contributed by atoms with Gasteiger partial charge in [0.25, 0.3) is 5.91 Å². The first kappa shape index (κ1) is 16.4. The molecule has 0 aliphatic carbocycles. The van der Waals surface area contributed by atoms with E-state index in [0.717, 1.165) is 6.07 Å². The Morgan fingerprint density at radius 1 is 1.30 bits per heavy atom. The Morgan fingerprint density at radius 3 is 2.40 bits per heavy atom. The first-order chi connectivity index (χ1) is 9.07. The number of amides is 1. The smallest absolute Gasteiger partial charge is 0.396 e. The molecule has 1 amide bonds. The zero-order chi connectivity index (χ0) is 15.6. The van der Waals surface area contributed by atoms with Crippen LogP contribution in [0.3, 0.4) is 0 Å². The van der Waals surface area contributed by atoms with Gasteiger partial charge >= 0.3 is 6.18 Å². The number of aliphatic hydroxyl groups excluding tert-OH is 1. The lowest BCUT2D eigenvalue weighted by molar-refractivity contribution is -0.140. The van der Waals surface area contributed by atoms with E-state index in [1.807, 2.05) is 0 Å². The van der Waals surface area contributed by atoms with Crippen molar-refractivity contribution in [3.63, 3.8) is 0 Å². The molecule has 0 aliphatic heterocycles. The van der Waals surface area contributed by atoms with Crippen LogP contribution in [0.4, 0.5) is 17.6 Å². The number of rotatable bonds is 4. The number of hydrogen-bond acceptors (Lipinski definition) is 2. The Bertz CT molecular complexity index is 498. The first-order valence-corrected chi connectivity index (χ1v) is 5.82. The summed E-state index contributed by atoms with van der Waals surface area (Å²) in [4.78, 5) is 11.7. The van der Waals surface area contributed by atoms with E-state index in [1.54, 1.807) is 13.8 Å². The molecule has 0 heterocycles. The largest absolute Gasteiger partial charge is 0.419 e. The molecule has 0 aliphatic rings. The second-order valence-electron chi connectivity index (χ2n) is 5.20. The molecule has 0 atom stereocenters. The summed E-state index contributed by atoms with van der Waals surface area (Å²) in [7, 11) is 0. The zero-order valence-electron chi connectivity index (χ0n) is 11.0. The van der Waals surface area contributed by atoms with Gasteiger partial charge in [0, 0.05) is 24.1 Å². The van der Waals surface area contributed by atoms with E-state index < -0.39 is 28.9 Å².